The highest BCUT2D eigenvalue weighted by Crippen LogP contribution is 2.29. The summed E-state index contributed by atoms with van der Waals surface area (Å²) in [6, 6.07) is 19.4. The lowest BCUT2D eigenvalue weighted by Crippen LogP contribution is -2.25. The predicted octanol–water partition coefficient (Wildman–Crippen LogP) is 5.33. The van der Waals surface area contributed by atoms with E-state index in [0.717, 1.165) is 5.56 Å². The third-order valence-corrected chi connectivity index (χ3v) is 5.49. The van der Waals surface area contributed by atoms with Gasteiger partial charge in [0.05, 0.1) is 16.2 Å². The van der Waals surface area contributed by atoms with E-state index in [9.17, 15) is 19.7 Å². The normalized spacial score (nSPS) is 10.7. The lowest BCUT2D eigenvalue weighted by Gasteiger charge is -2.18. The summed E-state index contributed by atoms with van der Waals surface area (Å²) in [5.74, 6) is -0.374. The molecule has 9 heteroatoms. The maximum atomic E-state index is 13.2. The summed E-state index contributed by atoms with van der Waals surface area (Å²) < 4.78 is 1.50. The van der Waals surface area contributed by atoms with Gasteiger partial charge >= 0.3 is 0 Å². The van der Waals surface area contributed by atoms with Gasteiger partial charge in [0.15, 0.2) is 0 Å². The zero-order valence-electron chi connectivity index (χ0n) is 18.3. The van der Waals surface area contributed by atoms with Crippen molar-refractivity contribution in [1.29, 1.82) is 0 Å². The second kappa shape index (κ2) is 9.29. The molecule has 8 nitrogen and oxygen atoms in total. The highest BCUT2D eigenvalue weighted by Gasteiger charge is 2.21. The molecule has 170 valence electrons. The van der Waals surface area contributed by atoms with Crippen molar-refractivity contribution < 1.29 is 9.72 Å². The van der Waals surface area contributed by atoms with E-state index in [1.54, 1.807) is 31.2 Å². The van der Waals surface area contributed by atoms with Crippen LogP contribution in [0.2, 0.25) is 5.02 Å². The third kappa shape index (κ3) is 4.57. The minimum atomic E-state index is -0.545. The van der Waals surface area contributed by atoms with Crippen LogP contribution in [-0.4, -0.2) is 20.6 Å². The number of halogens is 1. The van der Waals surface area contributed by atoms with Crippen LogP contribution in [-0.2, 0) is 0 Å². The highest BCUT2D eigenvalue weighted by atomic mass is 35.5. The van der Waals surface area contributed by atoms with Gasteiger partial charge in [-0.25, -0.2) is 4.68 Å². The number of nitro groups is 1. The van der Waals surface area contributed by atoms with Gasteiger partial charge in [0.25, 0.3) is 11.6 Å². The summed E-state index contributed by atoms with van der Waals surface area (Å²) in [7, 11) is 0. The number of hydrogen-bond acceptors (Lipinski definition) is 5. The Balaban J connectivity index is 1.90. The Labute approximate surface area is 199 Å². The average Bonchev–Trinajstić information content (AvgIpc) is 2.83. The molecular weight excluding hydrogens is 456 g/mol. The van der Waals surface area contributed by atoms with Gasteiger partial charge in [-0.1, -0.05) is 41.4 Å². The van der Waals surface area contributed by atoms with Crippen LogP contribution in [0.15, 0.2) is 77.6 Å². The first-order valence-electron chi connectivity index (χ1n) is 10.3. The molecule has 4 aromatic rings. The standard InChI is InChI=1S/C25H19ClN4O4/c1-15-3-11-20(12-4-15)29-24(27-25(32)18-7-13-21(14-8-18)30(33)34)22(23(31)16(2)28-29)17-5-9-19(26)10-6-17/h3-14H,1-2H3,(H,27,32). The second-order valence-electron chi connectivity index (χ2n) is 7.65. The van der Waals surface area contributed by atoms with Crippen LogP contribution in [0.4, 0.5) is 11.5 Å². The molecule has 0 fully saturated rings. The molecule has 1 N–H and O–H groups in total. The number of nitrogens with one attached hydrogen (secondary N) is 1. The number of amides is 1. The number of rotatable bonds is 5. The number of nitrogens with zero attached hydrogens (tertiary/aromatic N) is 3. The van der Waals surface area contributed by atoms with E-state index in [1.807, 2.05) is 31.2 Å². The van der Waals surface area contributed by atoms with Gasteiger partial charge < -0.3 is 5.32 Å². The molecule has 0 aliphatic rings. The summed E-state index contributed by atoms with van der Waals surface area (Å²) in [6.07, 6.45) is 0. The smallest absolute Gasteiger partial charge is 0.269 e. The SMILES string of the molecule is Cc1ccc(-n2nc(C)c(=O)c(-c3ccc(Cl)cc3)c2NC(=O)c2ccc([N+](=O)[O-])cc2)cc1. The van der Waals surface area contributed by atoms with E-state index < -0.39 is 10.8 Å². The van der Waals surface area contributed by atoms with E-state index in [0.29, 0.717) is 16.3 Å². The molecule has 3 aromatic carbocycles. The van der Waals surface area contributed by atoms with Crippen molar-refractivity contribution >= 4 is 29.0 Å². The molecule has 0 radical (unpaired) electrons. The van der Waals surface area contributed by atoms with E-state index in [-0.39, 0.29) is 33.8 Å². The number of hydrogen-bond donors (Lipinski definition) is 1. The summed E-state index contributed by atoms with van der Waals surface area (Å²) >= 11 is 6.04. The lowest BCUT2D eigenvalue weighted by molar-refractivity contribution is -0.384. The monoisotopic (exact) mass is 474 g/mol. The Morgan fingerprint density at radius 1 is 0.971 bits per heavy atom. The number of carbonyl (C=O) groups is 1. The summed E-state index contributed by atoms with van der Waals surface area (Å²) in [4.78, 5) is 36.7. The molecule has 0 aliphatic heterocycles. The highest BCUT2D eigenvalue weighted by molar-refractivity contribution is 6.30. The number of benzene rings is 3. The first kappa shape index (κ1) is 22.9. The van der Waals surface area contributed by atoms with Crippen molar-refractivity contribution in [2.24, 2.45) is 0 Å². The maximum Gasteiger partial charge on any atom is 0.269 e. The van der Waals surface area contributed by atoms with Crippen LogP contribution in [0.5, 0.6) is 0 Å². The quantitative estimate of drug-likeness (QED) is 0.310. The molecule has 34 heavy (non-hydrogen) atoms. The van der Waals surface area contributed by atoms with Gasteiger partial charge in [-0.3, -0.25) is 19.7 Å². The molecule has 4 rings (SSSR count). The number of aryl methyl sites for hydroxylation is 2. The second-order valence-corrected chi connectivity index (χ2v) is 8.09. The molecule has 0 atom stereocenters. The van der Waals surface area contributed by atoms with E-state index >= 15 is 0 Å². The van der Waals surface area contributed by atoms with Crippen LogP contribution in [0, 0.1) is 24.0 Å². The van der Waals surface area contributed by atoms with E-state index in [4.69, 9.17) is 11.6 Å². The first-order chi connectivity index (χ1) is 16.2. The minimum Gasteiger partial charge on any atom is -0.306 e. The van der Waals surface area contributed by atoms with Crippen molar-refractivity contribution in [3.8, 4) is 16.8 Å². The molecule has 0 aliphatic carbocycles. The molecule has 0 bridgehead atoms. The van der Waals surface area contributed by atoms with E-state index in [2.05, 4.69) is 10.4 Å². The van der Waals surface area contributed by atoms with Gasteiger partial charge in [-0.05, 0) is 55.8 Å². The van der Waals surface area contributed by atoms with Crippen molar-refractivity contribution in [1.82, 2.24) is 9.78 Å². The Kier molecular flexibility index (Phi) is 6.25. The number of nitro benzene ring substituents is 1. The van der Waals surface area contributed by atoms with Crippen LogP contribution < -0.4 is 10.7 Å². The van der Waals surface area contributed by atoms with Crippen molar-refractivity contribution in [2.75, 3.05) is 5.32 Å². The molecule has 0 saturated carbocycles. The van der Waals surface area contributed by atoms with Gasteiger partial charge in [0.2, 0.25) is 5.43 Å². The zero-order chi connectivity index (χ0) is 24.4. The molecule has 0 saturated heterocycles. The van der Waals surface area contributed by atoms with Crippen molar-refractivity contribution in [3.63, 3.8) is 0 Å². The van der Waals surface area contributed by atoms with E-state index in [1.165, 1.54) is 28.9 Å². The van der Waals surface area contributed by atoms with Crippen LogP contribution >= 0.6 is 11.6 Å². The predicted molar refractivity (Wildman–Crippen MR) is 131 cm³/mol. The Morgan fingerprint density at radius 2 is 1.59 bits per heavy atom. The summed E-state index contributed by atoms with van der Waals surface area (Å²) in [6.45, 7) is 3.55. The van der Waals surface area contributed by atoms with Gasteiger partial charge in [-0.2, -0.15) is 5.10 Å². The summed E-state index contributed by atoms with van der Waals surface area (Å²) in [5, 5.41) is 18.7. The van der Waals surface area contributed by atoms with Gasteiger partial charge in [-0.15, -0.1) is 0 Å². The fraction of sp³-hybridized carbons (Fsp3) is 0.0800. The molecule has 1 aromatic heterocycles. The Morgan fingerprint density at radius 3 is 2.18 bits per heavy atom. The van der Waals surface area contributed by atoms with Crippen LogP contribution in [0.3, 0.4) is 0 Å². The molecular formula is C25H19ClN4O4. The van der Waals surface area contributed by atoms with Gasteiger partial charge in [0, 0.05) is 22.7 Å². The van der Waals surface area contributed by atoms with Crippen LogP contribution in [0.1, 0.15) is 21.6 Å². The third-order valence-electron chi connectivity index (χ3n) is 5.24. The molecule has 0 unspecified atom stereocenters. The Hall–Kier alpha value is -4.30. The topological polar surface area (TPSA) is 107 Å². The van der Waals surface area contributed by atoms with Crippen molar-refractivity contribution in [3.05, 3.63) is 115 Å². The largest absolute Gasteiger partial charge is 0.306 e. The lowest BCUT2D eigenvalue weighted by atomic mass is 10.0. The number of aromatic nitrogens is 2. The molecule has 0 spiro atoms. The average molecular weight is 475 g/mol. The molecule has 1 amide bonds. The molecule has 1 heterocycles. The fourth-order valence-electron chi connectivity index (χ4n) is 3.43. The maximum absolute atomic E-state index is 13.2. The Bertz CT molecular complexity index is 1440. The van der Waals surface area contributed by atoms with Gasteiger partial charge in [0.1, 0.15) is 11.5 Å². The summed E-state index contributed by atoms with van der Waals surface area (Å²) in [5.41, 5.74) is 2.45. The zero-order valence-corrected chi connectivity index (χ0v) is 19.0. The minimum absolute atomic E-state index is 0.132. The fourth-order valence-corrected chi connectivity index (χ4v) is 3.55. The number of non-ortho nitro benzene ring substituents is 1. The number of anilines is 1. The first-order valence-corrected chi connectivity index (χ1v) is 10.6. The van der Waals surface area contributed by atoms with Crippen molar-refractivity contribution in [2.45, 2.75) is 13.8 Å². The van der Waals surface area contributed by atoms with Crippen LogP contribution in [0.25, 0.3) is 16.8 Å². The number of carbonyl (C=O) groups excluding carboxylic acids is 1.